The fraction of sp³-hybridized carbons (Fsp3) is 0.805. The van der Waals surface area contributed by atoms with E-state index >= 15 is 0 Å². The second kappa shape index (κ2) is 72.5. The van der Waals surface area contributed by atoms with Crippen molar-refractivity contribution < 1.29 is 42.1 Å². The third kappa shape index (κ3) is 76.2. The minimum atomic E-state index is -4.65. The number of nitrogens with zero attached hydrogens (tertiary/aromatic N) is 1. The van der Waals surface area contributed by atoms with Crippen molar-refractivity contribution in [2.45, 2.75) is 380 Å². The first-order valence-corrected chi connectivity index (χ1v) is 40.8. The minimum Gasteiger partial charge on any atom is -0.756 e. The Morgan fingerprint density at radius 3 is 0.924 bits per heavy atom. The van der Waals surface area contributed by atoms with Crippen LogP contribution in [-0.4, -0.2) is 70.0 Å². The Hall–Kier alpha value is -2.81. The summed E-state index contributed by atoms with van der Waals surface area (Å²) >= 11 is 0. The molecule has 0 aliphatic heterocycles. The van der Waals surface area contributed by atoms with E-state index in [0.29, 0.717) is 17.4 Å². The second-order valence-corrected chi connectivity index (χ2v) is 29.1. The average Bonchev–Trinajstić information content (AvgIpc) is 2.14. The Morgan fingerprint density at radius 2 is 0.620 bits per heavy atom. The molecular weight excluding hydrogens is 1160 g/mol. The molecule has 0 bridgehead atoms. The molecule has 0 aromatic heterocycles. The second-order valence-electron chi connectivity index (χ2n) is 27.7. The van der Waals surface area contributed by atoms with Crippen molar-refractivity contribution in [3.05, 3.63) is 85.1 Å². The van der Waals surface area contributed by atoms with E-state index in [9.17, 15) is 19.0 Å². The lowest BCUT2D eigenvalue weighted by Crippen LogP contribution is -2.37. The van der Waals surface area contributed by atoms with E-state index in [1.165, 1.54) is 263 Å². The summed E-state index contributed by atoms with van der Waals surface area (Å²) < 4.78 is 34.4. The highest BCUT2D eigenvalue weighted by molar-refractivity contribution is 7.45. The number of likely N-dealkylation sites (N-methyl/N-ethyl adjacent to an activating group) is 1. The highest BCUT2D eigenvalue weighted by Gasteiger charge is 2.22. The molecule has 0 heterocycles. The number of hydrogen-bond donors (Lipinski definition) is 0. The summed E-state index contributed by atoms with van der Waals surface area (Å²) in [6, 6.07) is 0. The van der Waals surface area contributed by atoms with Crippen molar-refractivity contribution in [1.82, 2.24) is 0 Å². The van der Waals surface area contributed by atoms with Crippen molar-refractivity contribution in [3.8, 4) is 0 Å². The van der Waals surface area contributed by atoms with Crippen molar-refractivity contribution in [2.75, 3.05) is 47.5 Å². The lowest BCUT2D eigenvalue weighted by atomic mass is 10.0. The SMILES string of the molecule is CC/C=C\C/C=C\C/C=C\C/C=C\C/C=C\CCCCCCCCCCCCCCCC(=O)OC(COC(=O)CCCCCCCCCCCCCCCCCCCCCCCCCCCCC/C=C\C/C=C\CCCCCCC)COP(=O)([O-])OCC[N+](C)(C)C. The molecule has 0 aromatic carbocycles. The smallest absolute Gasteiger partial charge is 0.306 e. The summed E-state index contributed by atoms with van der Waals surface area (Å²) in [5.41, 5.74) is 0. The first-order valence-electron chi connectivity index (χ1n) is 39.3. The van der Waals surface area contributed by atoms with Crippen LogP contribution < -0.4 is 4.89 Å². The van der Waals surface area contributed by atoms with E-state index in [1.807, 2.05) is 21.1 Å². The molecule has 0 N–H and O–H groups in total. The Labute approximate surface area is 571 Å². The molecule has 0 fully saturated rings. The fourth-order valence-electron chi connectivity index (χ4n) is 11.4. The highest BCUT2D eigenvalue weighted by atomic mass is 31.2. The lowest BCUT2D eigenvalue weighted by Gasteiger charge is -2.28. The van der Waals surface area contributed by atoms with Gasteiger partial charge in [0.15, 0.2) is 6.10 Å². The number of esters is 2. The molecular formula is C82H150NO8P. The molecule has 536 valence electrons. The van der Waals surface area contributed by atoms with Gasteiger partial charge >= 0.3 is 11.9 Å². The molecule has 0 rings (SSSR count). The van der Waals surface area contributed by atoms with Gasteiger partial charge in [-0.2, -0.15) is 0 Å². The number of phosphoric ester groups is 1. The van der Waals surface area contributed by atoms with Gasteiger partial charge in [-0.3, -0.25) is 14.2 Å². The van der Waals surface area contributed by atoms with Crippen molar-refractivity contribution >= 4 is 19.8 Å². The van der Waals surface area contributed by atoms with E-state index in [0.717, 1.165) is 77.0 Å². The van der Waals surface area contributed by atoms with E-state index in [2.05, 4.69) is 98.9 Å². The van der Waals surface area contributed by atoms with Gasteiger partial charge in [0.2, 0.25) is 0 Å². The highest BCUT2D eigenvalue weighted by Crippen LogP contribution is 2.38. The monoisotopic (exact) mass is 1310 g/mol. The topological polar surface area (TPSA) is 111 Å². The maximum Gasteiger partial charge on any atom is 0.306 e. The van der Waals surface area contributed by atoms with E-state index in [-0.39, 0.29) is 32.0 Å². The number of carbonyl (C=O) groups is 2. The third-order valence-electron chi connectivity index (χ3n) is 17.4. The third-order valence-corrected chi connectivity index (χ3v) is 18.4. The molecule has 10 heteroatoms. The standard InChI is InChI=1S/C82H150NO8P/c1-6-8-10-12-14-16-18-20-22-24-26-28-30-32-34-36-37-38-39-40-41-42-43-44-45-47-48-50-52-54-56-58-60-62-64-66-68-70-72-74-81(84)88-78-80(79-90-92(86,87)89-77-76-83(3,4)5)91-82(85)75-73-71-69-67-65-63-61-59-57-55-53-51-49-46-35-33-31-29-27-25-23-21-19-17-15-13-11-9-7-2/h9,11,15,17-18,20-21,23-24,26-27,29,33,35,80H,6-8,10,12-14,16,19,22,25,28,30-32,34,36-79H2,1-5H3/b11-9-,17-15-,20-18-,23-21-,26-24-,29-27-,35-33-. The molecule has 0 saturated heterocycles. The zero-order valence-electron chi connectivity index (χ0n) is 61.2. The normalized spacial score (nSPS) is 13.5. The summed E-state index contributed by atoms with van der Waals surface area (Å²) in [6.07, 6.45) is 99.9. The van der Waals surface area contributed by atoms with Crippen LogP contribution >= 0.6 is 7.82 Å². The van der Waals surface area contributed by atoms with Crippen LogP contribution in [0.2, 0.25) is 0 Å². The quantitative estimate of drug-likeness (QED) is 0.0195. The van der Waals surface area contributed by atoms with Gasteiger partial charge in [-0.15, -0.1) is 0 Å². The van der Waals surface area contributed by atoms with Crippen LogP contribution in [0.3, 0.4) is 0 Å². The number of rotatable bonds is 73. The van der Waals surface area contributed by atoms with Gasteiger partial charge < -0.3 is 27.9 Å². The number of ether oxygens (including phenoxy) is 2. The molecule has 0 radical (unpaired) electrons. The van der Waals surface area contributed by atoms with Crippen LogP contribution in [0, 0.1) is 0 Å². The summed E-state index contributed by atoms with van der Waals surface area (Å²) in [5, 5.41) is 0. The first kappa shape index (κ1) is 89.2. The van der Waals surface area contributed by atoms with Crippen LogP contribution in [-0.2, 0) is 32.7 Å². The first-order chi connectivity index (χ1) is 45.0. The van der Waals surface area contributed by atoms with Gasteiger partial charge in [-0.1, -0.05) is 356 Å². The van der Waals surface area contributed by atoms with E-state index < -0.39 is 26.5 Å². The number of carbonyl (C=O) groups excluding carboxylic acids is 2. The van der Waals surface area contributed by atoms with Crippen LogP contribution in [0.25, 0.3) is 0 Å². The van der Waals surface area contributed by atoms with Crippen molar-refractivity contribution in [2.24, 2.45) is 0 Å². The number of phosphoric acid groups is 1. The number of unbranched alkanes of at least 4 members (excludes halogenated alkanes) is 45. The fourth-order valence-corrected chi connectivity index (χ4v) is 12.2. The Kier molecular flexibility index (Phi) is 70.2. The predicted octanol–water partition coefficient (Wildman–Crippen LogP) is 25.4. The van der Waals surface area contributed by atoms with Gasteiger partial charge in [-0.25, -0.2) is 0 Å². The lowest BCUT2D eigenvalue weighted by molar-refractivity contribution is -0.870. The Morgan fingerprint density at radius 1 is 0.348 bits per heavy atom. The van der Waals surface area contributed by atoms with Gasteiger partial charge in [0, 0.05) is 12.8 Å². The van der Waals surface area contributed by atoms with Gasteiger partial charge in [0.05, 0.1) is 27.7 Å². The van der Waals surface area contributed by atoms with Gasteiger partial charge in [0.25, 0.3) is 7.82 Å². The van der Waals surface area contributed by atoms with Crippen LogP contribution in [0.15, 0.2) is 85.1 Å². The maximum atomic E-state index is 12.9. The molecule has 92 heavy (non-hydrogen) atoms. The summed E-state index contributed by atoms with van der Waals surface area (Å²) in [4.78, 5) is 38.2. The molecule has 0 amide bonds. The largest absolute Gasteiger partial charge is 0.756 e. The predicted molar refractivity (Wildman–Crippen MR) is 397 cm³/mol. The number of quaternary nitrogens is 1. The number of hydrogen-bond acceptors (Lipinski definition) is 8. The Balaban J connectivity index is 3.92. The molecule has 0 aromatic rings. The van der Waals surface area contributed by atoms with E-state index in [1.54, 1.807) is 0 Å². The van der Waals surface area contributed by atoms with Crippen molar-refractivity contribution in [1.29, 1.82) is 0 Å². The van der Waals surface area contributed by atoms with Gasteiger partial charge in [-0.05, 0) is 89.9 Å². The minimum absolute atomic E-state index is 0.0315. The summed E-state index contributed by atoms with van der Waals surface area (Å²) in [7, 11) is 1.18. The Bertz CT molecular complexity index is 1830. The van der Waals surface area contributed by atoms with E-state index in [4.69, 9.17) is 18.5 Å². The maximum absolute atomic E-state index is 12.9. The molecule has 0 aliphatic carbocycles. The summed E-state index contributed by atoms with van der Waals surface area (Å²) in [5.74, 6) is -0.820. The van der Waals surface area contributed by atoms with Crippen LogP contribution in [0.5, 0.6) is 0 Å². The zero-order chi connectivity index (χ0) is 66.9. The van der Waals surface area contributed by atoms with Crippen LogP contribution in [0.1, 0.15) is 373 Å². The molecule has 0 saturated carbocycles. The molecule has 2 atom stereocenters. The average molecular weight is 1310 g/mol. The van der Waals surface area contributed by atoms with Crippen molar-refractivity contribution in [3.63, 3.8) is 0 Å². The molecule has 0 spiro atoms. The molecule has 9 nitrogen and oxygen atoms in total. The molecule has 0 aliphatic rings. The zero-order valence-corrected chi connectivity index (χ0v) is 62.1. The number of allylic oxidation sites excluding steroid dienone is 14. The molecule has 2 unspecified atom stereocenters. The summed E-state index contributed by atoms with van der Waals surface area (Å²) in [6.45, 7) is 4.17. The van der Waals surface area contributed by atoms with Gasteiger partial charge in [0.1, 0.15) is 19.8 Å². The van der Waals surface area contributed by atoms with Crippen LogP contribution in [0.4, 0.5) is 0 Å².